The number of nitrogens with one attached hydrogen (secondary N) is 2. The van der Waals surface area contributed by atoms with Gasteiger partial charge in [-0.1, -0.05) is 6.07 Å². The summed E-state index contributed by atoms with van der Waals surface area (Å²) in [5.41, 5.74) is 2.43. The molecule has 0 fully saturated rings. The van der Waals surface area contributed by atoms with E-state index in [0.29, 0.717) is 29.2 Å². The van der Waals surface area contributed by atoms with Crippen LogP contribution < -0.4 is 10.6 Å². The molecule has 0 bridgehead atoms. The lowest BCUT2D eigenvalue weighted by atomic mass is 10.0. The molecule has 0 aromatic carbocycles. The number of hydrogen-bond acceptors (Lipinski definition) is 7. The Balaban J connectivity index is 1.66. The van der Waals surface area contributed by atoms with Gasteiger partial charge in [0, 0.05) is 25.1 Å². The fourth-order valence-electron chi connectivity index (χ4n) is 3.40. The van der Waals surface area contributed by atoms with Crippen molar-refractivity contribution in [3.05, 3.63) is 77.9 Å². The molecule has 4 aromatic rings. The molecule has 0 aliphatic rings. The van der Waals surface area contributed by atoms with Gasteiger partial charge in [-0.2, -0.15) is 10.4 Å². The van der Waals surface area contributed by atoms with Crippen LogP contribution in [-0.2, 0) is 6.54 Å². The van der Waals surface area contributed by atoms with Crippen LogP contribution in [0.15, 0.2) is 61.2 Å². The highest BCUT2D eigenvalue weighted by Crippen LogP contribution is 2.26. The molecule has 4 rings (SSSR count). The van der Waals surface area contributed by atoms with Gasteiger partial charge < -0.3 is 15.7 Å². The molecule has 3 N–H and O–H groups in total. The Labute approximate surface area is 201 Å². The van der Waals surface area contributed by atoms with Crippen molar-refractivity contribution in [2.75, 3.05) is 11.9 Å². The Morgan fingerprint density at radius 3 is 2.80 bits per heavy atom. The molecule has 0 aliphatic carbocycles. The first-order valence-corrected chi connectivity index (χ1v) is 10.9. The molecule has 0 spiro atoms. The number of anilines is 1. The third-order valence-corrected chi connectivity index (χ3v) is 5.45. The molecule has 0 aliphatic heterocycles. The van der Waals surface area contributed by atoms with Crippen molar-refractivity contribution in [2.45, 2.75) is 32.2 Å². The number of halogens is 1. The van der Waals surface area contributed by atoms with Crippen LogP contribution in [0.25, 0.3) is 16.9 Å². The second-order valence-electron chi connectivity index (χ2n) is 8.57. The zero-order chi connectivity index (χ0) is 25.0. The fourth-order valence-corrected chi connectivity index (χ4v) is 3.40. The maximum absolute atomic E-state index is 14.2. The van der Waals surface area contributed by atoms with Crippen LogP contribution >= 0.6 is 0 Å². The number of fused-ring (bicyclic) bond motifs is 1. The monoisotopic (exact) mass is 473 g/mol. The first-order chi connectivity index (χ1) is 16.8. The molecule has 0 saturated heterocycles. The van der Waals surface area contributed by atoms with Gasteiger partial charge in [-0.05, 0) is 49.7 Å². The highest BCUT2D eigenvalue weighted by atomic mass is 19.1. The van der Waals surface area contributed by atoms with Gasteiger partial charge in [-0.25, -0.2) is 8.91 Å². The number of aromatic nitrogens is 4. The van der Waals surface area contributed by atoms with Crippen LogP contribution in [0, 0.1) is 11.3 Å². The summed E-state index contributed by atoms with van der Waals surface area (Å²) >= 11 is 0. The fraction of sp³-hybridized carbons (Fsp3) is 0.240. The number of amides is 1. The molecule has 35 heavy (non-hydrogen) atoms. The van der Waals surface area contributed by atoms with Gasteiger partial charge in [0.25, 0.3) is 5.91 Å². The van der Waals surface area contributed by atoms with E-state index in [1.54, 1.807) is 29.0 Å². The zero-order valence-corrected chi connectivity index (χ0v) is 19.2. The number of rotatable bonds is 8. The van der Waals surface area contributed by atoms with Gasteiger partial charge in [0.15, 0.2) is 0 Å². The van der Waals surface area contributed by atoms with Gasteiger partial charge in [0.2, 0.25) is 0 Å². The lowest BCUT2D eigenvalue weighted by Gasteiger charge is -2.22. The SMILES string of the molecule is CC(C)(O)[C@H](F)CNC(=O)c1cnc(-c2ccc3cc(C#N)cnn23)cc1NCc1cccnc1. The molecule has 4 heterocycles. The van der Waals surface area contributed by atoms with E-state index in [1.165, 1.54) is 26.2 Å². The normalized spacial score (nSPS) is 12.2. The van der Waals surface area contributed by atoms with E-state index in [0.717, 1.165) is 11.1 Å². The van der Waals surface area contributed by atoms with Gasteiger partial charge in [0.1, 0.15) is 12.2 Å². The first kappa shape index (κ1) is 23.8. The van der Waals surface area contributed by atoms with Gasteiger partial charge >= 0.3 is 0 Å². The predicted molar refractivity (Wildman–Crippen MR) is 128 cm³/mol. The summed E-state index contributed by atoms with van der Waals surface area (Å²) in [4.78, 5) is 21.4. The summed E-state index contributed by atoms with van der Waals surface area (Å²) in [7, 11) is 0. The number of carbonyl (C=O) groups excluding carboxylic acids is 1. The van der Waals surface area contributed by atoms with E-state index in [2.05, 4.69) is 31.8 Å². The lowest BCUT2D eigenvalue weighted by Crippen LogP contribution is -2.42. The molecule has 0 unspecified atom stereocenters. The van der Waals surface area contributed by atoms with Gasteiger partial charge in [0.05, 0.1) is 52.1 Å². The van der Waals surface area contributed by atoms with Crippen molar-refractivity contribution < 1.29 is 14.3 Å². The number of carbonyl (C=O) groups is 1. The third-order valence-electron chi connectivity index (χ3n) is 5.45. The average Bonchev–Trinajstić information content (AvgIpc) is 3.29. The van der Waals surface area contributed by atoms with Crippen LogP contribution in [0.5, 0.6) is 0 Å². The summed E-state index contributed by atoms with van der Waals surface area (Å²) in [5, 5.41) is 29.0. The van der Waals surface area contributed by atoms with Crippen LogP contribution in [0.4, 0.5) is 10.1 Å². The van der Waals surface area contributed by atoms with Crippen LogP contribution in [0.1, 0.15) is 35.3 Å². The molecule has 9 nitrogen and oxygen atoms in total. The molecule has 10 heteroatoms. The van der Waals surface area contributed by atoms with Crippen molar-refractivity contribution in [1.29, 1.82) is 5.26 Å². The molecule has 0 radical (unpaired) electrons. The van der Waals surface area contributed by atoms with Crippen LogP contribution in [0.2, 0.25) is 0 Å². The number of pyridine rings is 2. The summed E-state index contributed by atoms with van der Waals surface area (Å²) in [5.74, 6) is -0.526. The molecule has 1 amide bonds. The van der Waals surface area contributed by atoms with E-state index >= 15 is 0 Å². The second-order valence-corrected chi connectivity index (χ2v) is 8.57. The highest BCUT2D eigenvalue weighted by molar-refractivity contribution is 6.00. The Hall–Kier alpha value is -4.36. The van der Waals surface area contributed by atoms with Crippen molar-refractivity contribution in [3.63, 3.8) is 0 Å². The maximum Gasteiger partial charge on any atom is 0.255 e. The Kier molecular flexibility index (Phi) is 6.71. The van der Waals surface area contributed by atoms with Crippen molar-refractivity contribution >= 4 is 17.1 Å². The first-order valence-electron chi connectivity index (χ1n) is 10.9. The smallest absolute Gasteiger partial charge is 0.255 e. The molecular formula is C25H24FN7O2. The van der Waals surface area contributed by atoms with Crippen LogP contribution in [-0.4, -0.2) is 48.9 Å². The third kappa shape index (κ3) is 5.42. The minimum absolute atomic E-state index is 0.223. The molecule has 178 valence electrons. The Morgan fingerprint density at radius 1 is 1.26 bits per heavy atom. The topological polar surface area (TPSA) is 128 Å². The molecular weight excluding hydrogens is 449 g/mol. The average molecular weight is 474 g/mol. The van der Waals surface area contributed by atoms with E-state index in [9.17, 15) is 14.3 Å². The largest absolute Gasteiger partial charge is 0.387 e. The van der Waals surface area contributed by atoms with E-state index in [-0.39, 0.29) is 12.1 Å². The maximum atomic E-state index is 14.2. The molecule has 0 saturated carbocycles. The van der Waals surface area contributed by atoms with Crippen molar-refractivity contribution in [1.82, 2.24) is 24.9 Å². The van der Waals surface area contributed by atoms with Gasteiger partial charge in [-0.15, -0.1) is 0 Å². The molecule has 4 aromatic heterocycles. The number of nitriles is 1. The predicted octanol–water partition coefficient (Wildman–Crippen LogP) is 3.11. The number of alkyl halides is 1. The summed E-state index contributed by atoms with van der Waals surface area (Å²) < 4.78 is 15.8. The summed E-state index contributed by atoms with van der Waals surface area (Å²) in [6, 6.07) is 12.9. The number of nitrogens with zero attached hydrogens (tertiary/aromatic N) is 5. The lowest BCUT2D eigenvalue weighted by molar-refractivity contribution is -0.00177. The van der Waals surface area contributed by atoms with E-state index in [4.69, 9.17) is 5.26 Å². The minimum Gasteiger partial charge on any atom is -0.387 e. The Morgan fingerprint density at radius 2 is 2.09 bits per heavy atom. The highest BCUT2D eigenvalue weighted by Gasteiger charge is 2.27. The Bertz CT molecular complexity index is 1390. The van der Waals surface area contributed by atoms with Crippen LogP contribution in [0.3, 0.4) is 0 Å². The van der Waals surface area contributed by atoms with E-state index < -0.39 is 17.7 Å². The van der Waals surface area contributed by atoms with E-state index in [1.807, 2.05) is 24.3 Å². The zero-order valence-electron chi connectivity index (χ0n) is 19.2. The summed E-state index contributed by atoms with van der Waals surface area (Å²) in [6.07, 6.45) is 4.63. The molecule has 1 atom stereocenters. The summed E-state index contributed by atoms with van der Waals surface area (Å²) in [6.45, 7) is 2.74. The number of aliphatic hydroxyl groups is 1. The quantitative estimate of drug-likeness (QED) is 0.359. The van der Waals surface area contributed by atoms with Crippen molar-refractivity contribution in [2.24, 2.45) is 0 Å². The second kappa shape index (κ2) is 9.87. The number of hydrogen-bond donors (Lipinski definition) is 3. The standard InChI is InChI=1S/C25H24FN7O2/c1-25(2,35)23(26)15-31-24(34)19-14-30-21(9-20(19)29-12-16-4-3-7-28-11-16)22-6-5-18-8-17(10-27)13-32-33(18)22/h3-9,11,13-14,23,35H,12,15H2,1-2H3,(H,29,30)(H,31,34)/t23-/m1/s1. The van der Waals surface area contributed by atoms with Crippen molar-refractivity contribution in [3.8, 4) is 17.5 Å². The minimum atomic E-state index is -1.64. The van der Waals surface area contributed by atoms with Gasteiger partial charge in [-0.3, -0.25) is 14.8 Å².